The van der Waals surface area contributed by atoms with Crippen molar-refractivity contribution in [1.82, 2.24) is 9.78 Å². The highest BCUT2D eigenvalue weighted by atomic mass is 79.9. The van der Waals surface area contributed by atoms with Crippen LogP contribution in [0.25, 0.3) is 0 Å². The van der Waals surface area contributed by atoms with E-state index in [9.17, 15) is 8.42 Å². The largest absolute Gasteiger partial charge is 0.273 e. The van der Waals surface area contributed by atoms with Gasteiger partial charge in [0, 0.05) is 19.5 Å². The van der Waals surface area contributed by atoms with Crippen LogP contribution in [-0.4, -0.2) is 24.5 Å². The molecule has 11 heavy (non-hydrogen) atoms. The predicted octanol–water partition coefficient (Wildman–Crippen LogP) is 0.586. The van der Waals surface area contributed by atoms with Crippen molar-refractivity contribution in [2.45, 2.75) is 4.90 Å². The highest BCUT2D eigenvalue weighted by molar-refractivity contribution is 9.10. The first-order valence-electron chi connectivity index (χ1n) is 2.80. The van der Waals surface area contributed by atoms with Crippen LogP contribution in [-0.2, 0) is 16.9 Å². The molecule has 62 valence electrons. The minimum absolute atomic E-state index is 0.222. The van der Waals surface area contributed by atoms with Crippen LogP contribution >= 0.6 is 15.9 Å². The Kier molecular flexibility index (Phi) is 2.06. The zero-order valence-electron chi connectivity index (χ0n) is 6.07. The number of rotatable bonds is 1. The van der Waals surface area contributed by atoms with Crippen molar-refractivity contribution in [3.05, 3.63) is 10.8 Å². The van der Waals surface area contributed by atoms with Gasteiger partial charge in [-0.25, -0.2) is 8.42 Å². The molecule has 0 N–H and O–H groups in total. The second-order valence-corrected chi connectivity index (χ2v) is 4.97. The summed E-state index contributed by atoms with van der Waals surface area (Å²) in [5, 5.41) is 3.83. The van der Waals surface area contributed by atoms with E-state index < -0.39 is 9.84 Å². The summed E-state index contributed by atoms with van der Waals surface area (Å²) >= 11 is 3.04. The van der Waals surface area contributed by atoms with Crippen LogP contribution in [0.4, 0.5) is 0 Å². The lowest BCUT2D eigenvalue weighted by Gasteiger charge is -1.89. The molecular formula is C5H7BrN2O2S. The van der Waals surface area contributed by atoms with Gasteiger partial charge in [-0.15, -0.1) is 0 Å². The molecule has 0 aliphatic rings. The van der Waals surface area contributed by atoms with Crippen LogP contribution in [0, 0.1) is 0 Å². The fraction of sp³-hybridized carbons (Fsp3) is 0.400. The second-order valence-electron chi connectivity index (χ2n) is 2.23. The van der Waals surface area contributed by atoms with Gasteiger partial charge in [0.1, 0.15) is 9.50 Å². The zero-order valence-corrected chi connectivity index (χ0v) is 8.48. The van der Waals surface area contributed by atoms with Crippen molar-refractivity contribution in [3.8, 4) is 0 Å². The van der Waals surface area contributed by atoms with E-state index >= 15 is 0 Å². The smallest absolute Gasteiger partial charge is 0.179 e. The summed E-state index contributed by atoms with van der Waals surface area (Å²) in [6.45, 7) is 0. The van der Waals surface area contributed by atoms with Gasteiger partial charge in [0.2, 0.25) is 0 Å². The van der Waals surface area contributed by atoms with Crippen molar-refractivity contribution in [2.24, 2.45) is 7.05 Å². The number of nitrogens with zero attached hydrogens (tertiary/aromatic N) is 2. The average molecular weight is 239 g/mol. The van der Waals surface area contributed by atoms with Gasteiger partial charge in [-0.05, 0) is 15.9 Å². The Morgan fingerprint density at radius 2 is 2.18 bits per heavy atom. The van der Waals surface area contributed by atoms with E-state index in [1.807, 2.05) is 0 Å². The Morgan fingerprint density at radius 3 is 2.36 bits per heavy atom. The highest BCUT2D eigenvalue weighted by Crippen LogP contribution is 2.18. The number of hydrogen-bond donors (Lipinski definition) is 0. The molecule has 0 saturated carbocycles. The average Bonchev–Trinajstić information content (AvgIpc) is 2.08. The lowest BCUT2D eigenvalue weighted by atomic mass is 10.7. The maximum Gasteiger partial charge on any atom is 0.179 e. The summed E-state index contributed by atoms with van der Waals surface area (Å²) in [6.07, 6.45) is 2.61. The molecule has 1 heterocycles. The van der Waals surface area contributed by atoms with Crippen LogP contribution in [0.5, 0.6) is 0 Å². The van der Waals surface area contributed by atoms with Gasteiger partial charge in [-0.2, -0.15) is 5.10 Å². The van der Waals surface area contributed by atoms with Gasteiger partial charge < -0.3 is 0 Å². The molecule has 0 saturated heterocycles. The number of halogens is 1. The standard InChI is InChI=1S/C5H7BrN2O2S/c1-8-3-4(5(6)7-8)11(2,9)10/h3H,1-2H3. The third-order valence-electron chi connectivity index (χ3n) is 1.15. The molecule has 1 rings (SSSR count). The lowest BCUT2D eigenvalue weighted by molar-refractivity contribution is 0.601. The molecule has 4 nitrogen and oxygen atoms in total. The first-order chi connectivity index (χ1) is 4.91. The summed E-state index contributed by atoms with van der Waals surface area (Å²) in [5.41, 5.74) is 0. The molecule has 0 radical (unpaired) electrons. The van der Waals surface area contributed by atoms with Crippen LogP contribution in [0.3, 0.4) is 0 Å². The predicted molar refractivity (Wildman–Crippen MR) is 44.0 cm³/mol. The first kappa shape index (κ1) is 8.73. The number of hydrogen-bond acceptors (Lipinski definition) is 3. The molecule has 0 aromatic carbocycles. The van der Waals surface area contributed by atoms with E-state index in [-0.39, 0.29) is 4.90 Å². The molecule has 1 aromatic rings. The molecule has 0 amide bonds. The molecule has 0 atom stereocenters. The van der Waals surface area contributed by atoms with Crippen molar-refractivity contribution >= 4 is 25.8 Å². The van der Waals surface area contributed by atoms with Crippen molar-refractivity contribution in [3.63, 3.8) is 0 Å². The maximum atomic E-state index is 11.0. The van der Waals surface area contributed by atoms with Gasteiger partial charge in [-0.3, -0.25) is 4.68 Å². The monoisotopic (exact) mass is 238 g/mol. The van der Waals surface area contributed by atoms with Crippen LogP contribution in [0.2, 0.25) is 0 Å². The van der Waals surface area contributed by atoms with Crippen LogP contribution in [0.15, 0.2) is 15.7 Å². The minimum atomic E-state index is -3.14. The summed E-state index contributed by atoms with van der Waals surface area (Å²) < 4.78 is 23.8. The topological polar surface area (TPSA) is 52.0 Å². The Hall–Kier alpha value is -0.360. The fourth-order valence-electron chi connectivity index (χ4n) is 0.688. The summed E-state index contributed by atoms with van der Waals surface area (Å²) in [4.78, 5) is 0.222. The SMILES string of the molecule is Cn1cc(S(C)(=O)=O)c(Br)n1. The quantitative estimate of drug-likeness (QED) is 0.720. The van der Waals surface area contributed by atoms with Gasteiger partial charge in [0.25, 0.3) is 0 Å². The van der Waals surface area contributed by atoms with E-state index in [0.717, 1.165) is 6.26 Å². The Morgan fingerprint density at radius 1 is 1.64 bits per heavy atom. The van der Waals surface area contributed by atoms with Gasteiger partial charge >= 0.3 is 0 Å². The fourth-order valence-corrected chi connectivity index (χ4v) is 2.61. The summed E-state index contributed by atoms with van der Waals surface area (Å²) in [7, 11) is -1.48. The van der Waals surface area contributed by atoms with E-state index in [0.29, 0.717) is 4.60 Å². The molecule has 0 fully saturated rings. The Bertz CT molecular complexity index is 368. The van der Waals surface area contributed by atoms with Crippen molar-refractivity contribution in [1.29, 1.82) is 0 Å². The lowest BCUT2D eigenvalue weighted by Crippen LogP contribution is -1.95. The first-order valence-corrected chi connectivity index (χ1v) is 5.49. The van der Waals surface area contributed by atoms with Gasteiger partial charge in [-0.1, -0.05) is 0 Å². The zero-order chi connectivity index (χ0) is 8.65. The molecule has 0 spiro atoms. The van der Waals surface area contributed by atoms with Crippen LogP contribution < -0.4 is 0 Å². The Labute approximate surface area is 73.3 Å². The molecule has 6 heteroatoms. The summed E-state index contributed by atoms with van der Waals surface area (Å²) in [5.74, 6) is 0. The van der Waals surface area contributed by atoms with E-state index in [2.05, 4.69) is 21.0 Å². The summed E-state index contributed by atoms with van der Waals surface area (Å²) in [6, 6.07) is 0. The molecule has 0 unspecified atom stereocenters. The molecule has 1 aromatic heterocycles. The third-order valence-corrected chi connectivity index (χ3v) is 3.10. The molecule has 0 bridgehead atoms. The number of aromatic nitrogens is 2. The Balaban J connectivity index is 3.36. The minimum Gasteiger partial charge on any atom is -0.273 e. The highest BCUT2D eigenvalue weighted by Gasteiger charge is 2.14. The van der Waals surface area contributed by atoms with Crippen molar-refractivity contribution in [2.75, 3.05) is 6.26 Å². The maximum absolute atomic E-state index is 11.0. The molecule has 0 aliphatic heterocycles. The van der Waals surface area contributed by atoms with E-state index in [4.69, 9.17) is 0 Å². The van der Waals surface area contributed by atoms with E-state index in [1.54, 1.807) is 7.05 Å². The van der Waals surface area contributed by atoms with Gasteiger partial charge in [0.15, 0.2) is 9.84 Å². The molecular weight excluding hydrogens is 232 g/mol. The molecule has 0 aliphatic carbocycles. The number of aryl methyl sites for hydroxylation is 1. The third kappa shape index (κ3) is 1.81. The van der Waals surface area contributed by atoms with Crippen molar-refractivity contribution < 1.29 is 8.42 Å². The normalized spacial score (nSPS) is 11.9. The number of sulfone groups is 1. The van der Waals surface area contributed by atoms with Crippen LogP contribution in [0.1, 0.15) is 0 Å². The van der Waals surface area contributed by atoms with Gasteiger partial charge in [0.05, 0.1) is 0 Å². The second kappa shape index (κ2) is 2.60. The van der Waals surface area contributed by atoms with E-state index in [1.165, 1.54) is 10.9 Å².